The molecule has 190 valence electrons. The maximum Gasteiger partial charge on any atom is 0.227 e. The fourth-order valence-electron chi connectivity index (χ4n) is 4.91. The maximum atomic E-state index is 12.5. The third-order valence-corrected chi connectivity index (χ3v) is 6.96. The van der Waals surface area contributed by atoms with E-state index in [4.69, 9.17) is 4.52 Å². The Kier molecular flexibility index (Phi) is 8.33. The standard InChI is InChI=1S/C25H37N7O3/c1-19(33)29-25(10-5-3-4-6-11-25)24-28-23(35-30-24)8-7-22(34)27-18-20-9-12-26-21(17-20)32-15-13-31(2)14-16-32/h9,12,17H,3-8,10-11,13-16,18H2,1-2H3,(H,27,34)(H,29,33). The molecule has 0 aromatic carbocycles. The van der Waals surface area contributed by atoms with Crippen molar-refractivity contribution in [2.24, 2.45) is 0 Å². The Morgan fingerprint density at radius 2 is 1.86 bits per heavy atom. The Bertz CT molecular complexity index is 992. The Hall–Kier alpha value is -3.01. The van der Waals surface area contributed by atoms with Crippen LogP contribution in [0.4, 0.5) is 5.82 Å². The van der Waals surface area contributed by atoms with Crippen LogP contribution < -0.4 is 15.5 Å². The van der Waals surface area contributed by atoms with Crippen molar-refractivity contribution in [1.82, 2.24) is 30.7 Å². The lowest BCUT2D eigenvalue weighted by molar-refractivity contribution is -0.122. The number of pyridine rings is 1. The van der Waals surface area contributed by atoms with Gasteiger partial charge >= 0.3 is 0 Å². The molecule has 0 atom stereocenters. The van der Waals surface area contributed by atoms with Gasteiger partial charge < -0.3 is 25.0 Å². The summed E-state index contributed by atoms with van der Waals surface area (Å²) in [6, 6.07) is 3.97. The molecule has 10 nitrogen and oxygen atoms in total. The van der Waals surface area contributed by atoms with Crippen LogP contribution in [0.1, 0.15) is 69.1 Å². The van der Waals surface area contributed by atoms with Crippen LogP contribution in [0.2, 0.25) is 0 Å². The molecule has 2 amide bonds. The molecule has 1 aliphatic heterocycles. The second-order valence-electron chi connectivity index (χ2n) is 9.78. The number of aryl methyl sites for hydroxylation is 1. The smallest absolute Gasteiger partial charge is 0.227 e. The second-order valence-corrected chi connectivity index (χ2v) is 9.78. The fourth-order valence-corrected chi connectivity index (χ4v) is 4.91. The number of aromatic nitrogens is 3. The average molecular weight is 484 g/mol. The van der Waals surface area contributed by atoms with Crippen LogP contribution in [0.25, 0.3) is 0 Å². The van der Waals surface area contributed by atoms with Crippen LogP contribution in [-0.2, 0) is 28.1 Å². The van der Waals surface area contributed by atoms with E-state index < -0.39 is 5.54 Å². The Morgan fingerprint density at radius 3 is 2.57 bits per heavy atom. The van der Waals surface area contributed by atoms with Crippen molar-refractivity contribution in [3.8, 4) is 0 Å². The molecule has 3 heterocycles. The minimum atomic E-state index is -0.574. The minimum absolute atomic E-state index is 0.0752. The summed E-state index contributed by atoms with van der Waals surface area (Å²) >= 11 is 0. The zero-order chi connectivity index (χ0) is 24.7. The summed E-state index contributed by atoms with van der Waals surface area (Å²) in [5, 5.41) is 10.3. The lowest BCUT2D eigenvalue weighted by atomic mass is 9.89. The molecule has 1 aliphatic carbocycles. The molecular formula is C25H37N7O3. The summed E-state index contributed by atoms with van der Waals surface area (Å²) in [4.78, 5) is 38.0. The molecule has 0 bridgehead atoms. The number of likely N-dealkylation sites (N-methyl/N-ethyl adjacent to an activating group) is 1. The first-order chi connectivity index (χ1) is 16.9. The number of anilines is 1. The first kappa shape index (κ1) is 25.1. The molecule has 2 aliphatic rings. The molecule has 2 aromatic heterocycles. The zero-order valence-electron chi connectivity index (χ0n) is 20.9. The number of hydrogen-bond acceptors (Lipinski definition) is 8. The number of carbonyl (C=O) groups is 2. The minimum Gasteiger partial charge on any atom is -0.354 e. The van der Waals surface area contributed by atoms with E-state index >= 15 is 0 Å². The van der Waals surface area contributed by atoms with Crippen molar-refractivity contribution < 1.29 is 14.1 Å². The Labute approximate surface area is 206 Å². The van der Waals surface area contributed by atoms with Gasteiger partial charge in [-0.3, -0.25) is 9.59 Å². The third kappa shape index (κ3) is 6.78. The van der Waals surface area contributed by atoms with Gasteiger partial charge in [-0.25, -0.2) is 4.98 Å². The molecule has 10 heteroatoms. The van der Waals surface area contributed by atoms with Gasteiger partial charge in [0.25, 0.3) is 0 Å². The van der Waals surface area contributed by atoms with Gasteiger partial charge in [-0.1, -0.05) is 30.8 Å². The highest BCUT2D eigenvalue weighted by Gasteiger charge is 2.38. The molecule has 2 fully saturated rings. The predicted octanol–water partition coefficient (Wildman–Crippen LogP) is 2.15. The van der Waals surface area contributed by atoms with E-state index in [-0.39, 0.29) is 18.2 Å². The summed E-state index contributed by atoms with van der Waals surface area (Å²) in [6.45, 7) is 5.92. The van der Waals surface area contributed by atoms with Crippen molar-refractivity contribution >= 4 is 17.6 Å². The SMILES string of the molecule is CC(=O)NC1(c2noc(CCC(=O)NCc3ccnc(N4CCN(C)CC4)c3)n2)CCCCCC1. The van der Waals surface area contributed by atoms with Gasteiger partial charge in [0.05, 0.1) is 0 Å². The maximum absolute atomic E-state index is 12.5. The van der Waals surface area contributed by atoms with Crippen molar-refractivity contribution in [2.75, 3.05) is 38.1 Å². The lowest BCUT2D eigenvalue weighted by Crippen LogP contribution is -2.45. The molecule has 0 unspecified atom stereocenters. The summed E-state index contributed by atoms with van der Waals surface area (Å²) in [5.41, 5.74) is 0.447. The Balaban J connectivity index is 1.29. The first-order valence-corrected chi connectivity index (χ1v) is 12.7. The second kappa shape index (κ2) is 11.6. The van der Waals surface area contributed by atoms with Crippen LogP contribution in [0.3, 0.4) is 0 Å². The van der Waals surface area contributed by atoms with Gasteiger partial charge in [0.1, 0.15) is 11.4 Å². The van der Waals surface area contributed by atoms with Gasteiger partial charge in [0.15, 0.2) is 5.82 Å². The number of carbonyl (C=O) groups excluding carboxylic acids is 2. The normalized spacial score (nSPS) is 18.6. The molecule has 2 N–H and O–H groups in total. The zero-order valence-corrected chi connectivity index (χ0v) is 20.9. The van der Waals surface area contributed by atoms with Gasteiger partial charge in [0.2, 0.25) is 17.7 Å². The van der Waals surface area contributed by atoms with E-state index in [1.165, 1.54) is 6.92 Å². The monoisotopic (exact) mass is 483 g/mol. The summed E-state index contributed by atoms with van der Waals surface area (Å²) < 4.78 is 5.46. The van der Waals surface area contributed by atoms with E-state index in [2.05, 4.69) is 42.6 Å². The van der Waals surface area contributed by atoms with Crippen molar-refractivity contribution in [3.05, 3.63) is 35.6 Å². The number of rotatable bonds is 8. The van der Waals surface area contributed by atoms with E-state index in [1.807, 2.05) is 12.1 Å². The first-order valence-electron chi connectivity index (χ1n) is 12.7. The number of amides is 2. The largest absolute Gasteiger partial charge is 0.354 e. The van der Waals surface area contributed by atoms with Gasteiger partial charge in [-0.05, 0) is 37.6 Å². The van der Waals surface area contributed by atoms with Crippen LogP contribution in [-0.4, -0.2) is 65.1 Å². The molecule has 35 heavy (non-hydrogen) atoms. The highest BCUT2D eigenvalue weighted by atomic mass is 16.5. The lowest BCUT2D eigenvalue weighted by Gasteiger charge is -2.33. The summed E-state index contributed by atoms with van der Waals surface area (Å²) in [6.07, 6.45) is 8.32. The highest BCUT2D eigenvalue weighted by molar-refractivity contribution is 5.76. The molecule has 0 radical (unpaired) electrons. The van der Waals surface area contributed by atoms with E-state index in [0.717, 1.165) is 76.1 Å². The molecule has 0 spiro atoms. The van der Waals surface area contributed by atoms with Gasteiger partial charge in [-0.15, -0.1) is 0 Å². The number of nitrogens with zero attached hydrogens (tertiary/aromatic N) is 5. The van der Waals surface area contributed by atoms with Gasteiger partial charge in [-0.2, -0.15) is 4.98 Å². The van der Waals surface area contributed by atoms with Crippen molar-refractivity contribution in [1.29, 1.82) is 0 Å². The van der Waals surface area contributed by atoms with Gasteiger partial charge in [0, 0.05) is 58.7 Å². The molecule has 1 saturated carbocycles. The molecule has 2 aromatic rings. The van der Waals surface area contributed by atoms with Crippen molar-refractivity contribution in [2.45, 2.75) is 70.4 Å². The highest BCUT2D eigenvalue weighted by Crippen LogP contribution is 2.34. The summed E-state index contributed by atoms with van der Waals surface area (Å²) in [7, 11) is 2.13. The summed E-state index contributed by atoms with van der Waals surface area (Å²) in [5.74, 6) is 1.73. The molecular weight excluding hydrogens is 446 g/mol. The number of hydrogen-bond donors (Lipinski definition) is 2. The topological polar surface area (TPSA) is 116 Å². The fraction of sp³-hybridized carbons (Fsp3) is 0.640. The van der Waals surface area contributed by atoms with Crippen LogP contribution in [0.15, 0.2) is 22.9 Å². The third-order valence-electron chi connectivity index (χ3n) is 6.96. The molecule has 4 rings (SSSR count). The quantitative estimate of drug-likeness (QED) is 0.549. The number of nitrogens with one attached hydrogen (secondary N) is 2. The Morgan fingerprint density at radius 1 is 1.11 bits per heavy atom. The molecule has 1 saturated heterocycles. The van der Waals surface area contributed by atoms with E-state index in [9.17, 15) is 9.59 Å². The van der Waals surface area contributed by atoms with Crippen LogP contribution in [0, 0.1) is 0 Å². The van der Waals surface area contributed by atoms with Crippen LogP contribution >= 0.6 is 0 Å². The average Bonchev–Trinajstić information content (AvgIpc) is 3.22. The van der Waals surface area contributed by atoms with Crippen molar-refractivity contribution in [3.63, 3.8) is 0 Å². The van der Waals surface area contributed by atoms with Crippen LogP contribution in [0.5, 0.6) is 0 Å². The van der Waals surface area contributed by atoms with E-state index in [0.29, 0.717) is 24.7 Å². The predicted molar refractivity (Wildman–Crippen MR) is 132 cm³/mol. The number of piperazine rings is 1. The van der Waals surface area contributed by atoms with E-state index in [1.54, 1.807) is 6.20 Å².